The van der Waals surface area contributed by atoms with E-state index in [1.807, 2.05) is 6.92 Å². The molecular formula is C22H42O6S. The monoisotopic (exact) mass is 434 g/mol. The smallest absolute Gasteiger partial charge is 0.308 e. The van der Waals surface area contributed by atoms with Crippen LogP contribution >= 0.6 is 11.8 Å². The maximum Gasteiger partial charge on any atom is 0.308 e. The van der Waals surface area contributed by atoms with Crippen molar-refractivity contribution in [3.8, 4) is 0 Å². The highest BCUT2D eigenvalue weighted by atomic mass is 32.2. The molecule has 0 amide bonds. The lowest BCUT2D eigenvalue weighted by molar-refractivity contribution is -0.144. The first-order valence-electron chi connectivity index (χ1n) is 11.4. The molecule has 4 N–H and O–H groups in total. The fourth-order valence-electron chi connectivity index (χ4n) is 4.07. The third kappa shape index (κ3) is 10.5. The molecule has 1 aliphatic carbocycles. The summed E-state index contributed by atoms with van der Waals surface area (Å²) in [6, 6.07) is 0. The summed E-state index contributed by atoms with van der Waals surface area (Å²) >= 11 is 1.60. The Morgan fingerprint density at radius 1 is 1.07 bits per heavy atom. The first-order valence-corrected chi connectivity index (χ1v) is 12.4. The van der Waals surface area contributed by atoms with E-state index in [1.165, 1.54) is 0 Å². The molecule has 6 nitrogen and oxygen atoms in total. The van der Waals surface area contributed by atoms with Gasteiger partial charge in [0.1, 0.15) is 0 Å². The normalized spacial score (nSPS) is 26.5. The Morgan fingerprint density at radius 3 is 2.45 bits per heavy atom. The molecule has 29 heavy (non-hydrogen) atoms. The second-order valence-electron chi connectivity index (χ2n) is 8.31. The third-order valence-electron chi connectivity index (χ3n) is 5.86. The van der Waals surface area contributed by atoms with E-state index in [0.717, 1.165) is 51.4 Å². The molecule has 1 aliphatic rings. The van der Waals surface area contributed by atoms with E-state index in [9.17, 15) is 25.2 Å². The lowest BCUT2D eigenvalue weighted by Gasteiger charge is -2.24. The minimum Gasteiger partial charge on any atom is -0.481 e. The van der Waals surface area contributed by atoms with Crippen molar-refractivity contribution in [3.05, 3.63) is 0 Å². The summed E-state index contributed by atoms with van der Waals surface area (Å²) in [5.41, 5.74) is 0. The molecule has 6 atom stereocenters. The van der Waals surface area contributed by atoms with Crippen LogP contribution in [0.15, 0.2) is 0 Å². The third-order valence-corrected chi connectivity index (χ3v) is 7.49. The molecular weight excluding hydrogens is 392 g/mol. The first-order chi connectivity index (χ1) is 13.9. The van der Waals surface area contributed by atoms with Gasteiger partial charge in [0.25, 0.3) is 0 Å². The fraction of sp³-hybridized carbons (Fsp3) is 0.955. The zero-order valence-corrected chi connectivity index (χ0v) is 19.0. The van der Waals surface area contributed by atoms with Gasteiger partial charge in [0.2, 0.25) is 0 Å². The second-order valence-corrected chi connectivity index (χ2v) is 9.53. The molecule has 172 valence electrons. The summed E-state index contributed by atoms with van der Waals surface area (Å²) in [5, 5.41) is 40.0. The van der Waals surface area contributed by atoms with Crippen LogP contribution in [0.25, 0.3) is 0 Å². The molecule has 0 bridgehead atoms. The van der Waals surface area contributed by atoms with Crippen LogP contribution < -0.4 is 0 Å². The number of aliphatic hydroxyl groups excluding tert-OH is 3. The molecule has 4 unspecified atom stereocenters. The quantitative estimate of drug-likeness (QED) is 0.260. The predicted molar refractivity (Wildman–Crippen MR) is 117 cm³/mol. The predicted octanol–water partition coefficient (Wildman–Crippen LogP) is 3.46. The van der Waals surface area contributed by atoms with E-state index in [-0.39, 0.29) is 23.9 Å². The maximum atomic E-state index is 11.2. The number of carbonyl (C=O) groups is 1. The lowest BCUT2D eigenvalue weighted by atomic mass is 9.95. The van der Waals surface area contributed by atoms with Crippen LogP contribution in [0.5, 0.6) is 0 Å². The van der Waals surface area contributed by atoms with Crippen LogP contribution in [-0.4, -0.2) is 68.9 Å². The summed E-state index contributed by atoms with van der Waals surface area (Å²) in [6.07, 6.45) is 7.19. The Labute approximate surface area is 180 Å². The van der Waals surface area contributed by atoms with E-state index in [1.54, 1.807) is 11.8 Å². The summed E-state index contributed by atoms with van der Waals surface area (Å²) in [4.78, 5) is 11.2. The largest absolute Gasteiger partial charge is 0.481 e. The van der Waals surface area contributed by atoms with Crippen LogP contribution in [0.3, 0.4) is 0 Å². The Bertz CT molecular complexity index is 436. The van der Waals surface area contributed by atoms with Crippen LogP contribution in [0.1, 0.15) is 78.1 Å². The molecule has 7 heteroatoms. The van der Waals surface area contributed by atoms with Gasteiger partial charge in [-0.1, -0.05) is 45.4 Å². The van der Waals surface area contributed by atoms with Gasteiger partial charge in [-0.3, -0.25) is 4.79 Å². The van der Waals surface area contributed by atoms with Crippen molar-refractivity contribution in [2.24, 2.45) is 11.8 Å². The highest BCUT2D eigenvalue weighted by Crippen LogP contribution is 2.39. The molecule has 1 saturated carbocycles. The fourth-order valence-corrected chi connectivity index (χ4v) is 5.58. The molecule has 0 saturated heterocycles. The number of thioether (sulfide) groups is 1. The van der Waals surface area contributed by atoms with Gasteiger partial charge in [-0.15, -0.1) is 0 Å². The van der Waals surface area contributed by atoms with Crippen molar-refractivity contribution in [1.29, 1.82) is 0 Å². The molecule has 0 spiro atoms. The standard InChI is InChI=1S/C22H42O6S/c1-3-5-7-11-17(23)15-29-21-18(19(24)13-20(21)25)12-9-6-8-10-16(22(26)27)14-28-4-2/h16-21,23-25H,3-15H2,1-2H3,(H,26,27)/t16?,17?,18-,19?,20?,21+/m0/s1. The topological polar surface area (TPSA) is 107 Å². The zero-order chi connectivity index (χ0) is 21.6. The van der Waals surface area contributed by atoms with Crippen molar-refractivity contribution in [2.75, 3.05) is 19.0 Å². The van der Waals surface area contributed by atoms with Gasteiger partial charge >= 0.3 is 5.97 Å². The highest BCUT2D eigenvalue weighted by Gasteiger charge is 2.41. The molecule has 0 heterocycles. The van der Waals surface area contributed by atoms with Crippen molar-refractivity contribution in [3.63, 3.8) is 0 Å². The van der Waals surface area contributed by atoms with Gasteiger partial charge in [-0.25, -0.2) is 0 Å². The van der Waals surface area contributed by atoms with Crippen LogP contribution in [0, 0.1) is 11.8 Å². The lowest BCUT2D eigenvalue weighted by Crippen LogP contribution is -2.27. The summed E-state index contributed by atoms with van der Waals surface area (Å²) < 4.78 is 5.25. The zero-order valence-electron chi connectivity index (χ0n) is 18.2. The van der Waals surface area contributed by atoms with Gasteiger partial charge < -0.3 is 25.2 Å². The molecule has 0 aromatic carbocycles. The average Bonchev–Trinajstić information content (AvgIpc) is 2.94. The highest BCUT2D eigenvalue weighted by molar-refractivity contribution is 8.00. The Hall–Kier alpha value is -0.340. The Morgan fingerprint density at radius 2 is 1.79 bits per heavy atom. The number of ether oxygens (including phenoxy) is 1. The van der Waals surface area contributed by atoms with Crippen molar-refractivity contribution >= 4 is 17.7 Å². The van der Waals surface area contributed by atoms with Crippen molar-refractivity contribution < 1.29 is 30.0 Å². The first kappa shape index (κ1) is 26.7. The van der Waals surface area contributed by atoms with E-state index in [0.29, 0.717) is 25.2 Å². The second kappa shape index (κ2) is 15.5. The summed E-state index contributed by atoms with van der Waals surface area (Å²) in [6.45, 7) is 4.79. The van der Waals surface area contributed by atoms with Crippen molar-refractivity contribution in [1.82, 2.24) is 0 Å². The molecule has 0 radical (unpaired) electrons. The van der Waals surface area contributed by atoms with Gasteiger partial charge in [-0.05, 0) is 32.1 Å². The molecule has 1 rings (SSSR count). The number of unbranched alkanes of at least 4 members (excludes halogenated alkanes) is 4. The minimum atomic E-state index is -0.804. The number of carboxylic acid groups (broad SMARTS) is 1. The number of aliphatic hydroxyl groups is 3. The Kier molecular flexibility index (Phi) is 14.2. The number of carboxylic acids is 1. The Balaban J connectivity index is 2.33. The number of rotatable bonds is 17. The van der Waals surface area contributed by atoms with Crippen molar-refractivity contribution in [2.45, 2.75) is 102 Å². The van der Waals surface area contributed by atoms with E-state index in [4.69, 9.17) is 4.74 Å². The molecule has 0 aliphatic heterocycles. The van der Waals surface area contributed by atoms with Crippen LogP contribution in [0.4, 0.5) is 0 Å². The summed E-state index contributed by atoms with van der Waals surface area (Å²) in [5.74, 6) is -0.614. The molecule has 0 aromatic heterocycles. The SMILES string of the molecule is CCCCCC(O)CS[C@H]1C(O)CC(O)[C@@H]1CCCCCC(COCC)C(=O)O. The minimum absolute atomic E-state index is 0.0319. The summed E-state index contributed by atoms with van der Waals surface area (Å²) in [7, 11) is 0. The van der Waals surface area contributed by atoms with Gasteiger partial charge in [0, 0.05) is 24.0 Å². The number of hydrogen-bond acceptors (Lipinski definition) is 6. The maximum absolute atomic E-state index is 11.2. The van der Waals surface area contributed by atoms with Crippen LogP contribution in [0.2, 0.25) is 0 Å². The van der Waals surface area contributed by atoms with Crippen LogP contribution in [-0.2, 0) is 9.53 Å². The van der Waals surface area contributed by atoms with E-state index >= 15 is 0 Å². The van der Waals surface area contributed by atoms with Gasteiger partial charge in [0.15, 0.2) is 0 Å². The number of aliphatic carboxylic acids is 1. The van der Waals surface area contributed by atoms with Gasteiger partial charge in [0.05, 0.1) is 30.8 Å². The average molecular weight is 435 g/mol. The number of hydrogen-bond donors (Lipinski definition) is 4. The van der Waals surface area contributed by atoms with E-state index < -0.39 is 24.1 Å². The van der Waals surface area contributed by atoms with E-state index in [2.05, 4.69) is 6.92 Å². The molecule has 1 fully saturated rings. The molecule has 0 aromatic rings. The van der Waals surface area contributed by atoms with Gasteiger partial charge in [-0.2, -0.15) is 11.8 Å².